The average Bonchev–Trinajstić information content (AvgIpc) is 3.08. The summed E-state index contributed by atoms with van der Waals surface area (Å²) in [5.74, 6) is -0.279. The molecule has 0 saturated carbocycles. The molecule has 1 aliphatic rings. The van der Waals surface area contributed by atoms with Gasteiger partial charge in [-0.25, -0.2) is 9.97 Å². The molecule has 0 N–H and O–H groups in total. The van der Waals surface area contributed by atoms with E-state index in [2.05, 4.69) is 9.97 Å². The van der Waals surface area contributed by atoms with Gasteiger partial charge in [0.15, 0.2) is 0 Å². The normalized spacial score (nSPS) is 18.7. The second-order valence-electron chi connectivity index (χ2n) is 5.88. The first-order chi connectivity index (χ1) is 11.4. The van der Waals surface area contributed by atoms with Crippen molar-refractivity contribution in [1.82, 2.24) is 19.4 Å². The van der Waals surface area contributed by atoms with Gasteiger partial charge in [0, 0.05) is 25.5 Å². The van der Waals surface area contributed by atoms with Gasteiger partial charge in [0.05, 0.1) is 23.6 Å². The number of amides is 1. The van der Waals surface area contributed by atoms with Gasteiger partial charge in [-0.15, -0.1) is 0 Å². The third-order valence-corrected chi connectivity index (χ3v) is 4.24. The Labute approximate surface area is 137 Å². The number of nitrogens with zero attached hydrogens (tertiary/aromatic N) is 4. The number of carbonyl (C=O) groups excluding carboxylic acids is 1. The molecular formula is C16H17F3N4O. The molecule has 0 unspecified atom stereocenters. The van der Waals surface area contributed by atoms with E-state index in [-0.39, 0.29) is 23.2 Å². The number of likely N-dealkylation sites (tertiary alicyclic amines) is 1. The van der Waals surface area contributed by atoms with Crippen LogP contribution in [0.3, 0.4) is 0 Å². The monoisotopic (exact) mass is 338 g/mol. The van der Waals surface area contributed by atoms with Crippen LogP contribution in [0.2, 0.25) is 0 Å². The van der Waals surface area contributed by atoms with Crippen molar-refractivity contribution >= 4 is 5.91 Å². The van der Waals surface area contributed by atoms with Crippen LogP contribution in [0.15, 0.2) is 30.9 Å². The SMILES string of the molecule is Cc1nc(C(F)(F)F)ccc1C(=O)N1CCC[C@H](n2ccnc2)C1. The fraction of sp³-hybridized carbons (Fsp3) is 0.438. The highest BCUT2D eigenvalue weighted by atomic mass is 19.4. The molecule has 2 aromatic heterocycles. The largest absolute Gasteiger partial charge is 0.433 e. The molecule has 0 spiro atoms. The van der Waals surface area contributed by atoms with E-state index in [1.54, 1.807) is 17.4 Å². The second kappa shape index (κ2) is 6.26. The molecule has 24 heavy (non-hydrogen) atoms. The van der Waals surface area contributed by atoms with Crippen molar-refractivity contribution in [2.75, 3.05) is 13.1 Å². The fourth-order valence-corrected chi connectivity index (χ4v) is 2.98. The summed E-state index contributed by atoms with van der Waals surface area (Å²) < 4.78 is 40.0. The van der Waals surface area contributed by atoms with Crippen LogP contribution in [-0.4, -0.2) is 38.4 Å². The summed E-state index contributed by atoms with van der Waals surface area (Å²) in [7, 11) is 0. The fourth-order valence-electron chi connectivity index (χ4n) is 2.98. The van der Waals surface area contributed by atoms with Gasteiger partial charge in [-0.2, -0.15) is 13.2 Å². The molecule has 1 atom stereocenters. The van der Waals surface area contributed by atoms with E-state index in [0.717, 1.165) is 18.9 Å². The van der Waals surface area contributed by atoms with E-state index >= 15 is 0 Å². The summed E-state index contributed by atoms with van der Waals surface area (Å²) in [5, 5.41) is 0. The molecule has 1 saturated heterocycles. The maximum atomic E-state index is 12.7. The Hall–Kier alpha value is -2.38. The van der Waals surface area contributed by atoms with Crippen LogP contribution in [0.5, 0.6) is 0 Å². The van der Waals surface area contributed by atoms with Crippen LogP contribution >= 0.6 is 0 Å². The maximum absolute atomic E-state index is 12.7. The van der Waals surface area contributed by atoms with Crippen LogP contribution in [0.4, 0.5) is 13.2 Å². The minimum Gasteiger partial charge on any atom is -0.337 e. The van der Waals surface area contributed by atoms with Crippen LogP contribution in [0.25, 0.3) is 0 Å². The van der Waals surface area contributed by atoms with Crippen molar-refractivity contribution in [1.29, 1.82) is 0 Å². The zero-order valence-corrected chi connectivity index (χ0v) is 13.1. The summed E-state index contributed by atoms with van der Waals surface area (Å²) >= 11 is 0. The summed E-state index contributed by atoms with van der Waals surface area (Å²) in [6.45, 7) is 2.53. The van der Waals surface area contributed by atoms with Crippen LogP contribution < -0.4 is 0 Å². The lowest BCUT2D eigenvalue weighted by molar-refractivity contribution is -0.141. The molecule has 0 bridgehead atoms. The Balaban J connectivity index is 1.79. The number of piperidine rings is 1. The molecular weight excluding hydrogens is 321 g/mol. The predicted molar refractivity (Wildman–Crippen MR) is 80.4 cm³/mol. The Morgan fingerprint density at radius 1 is 1.33 bits per heavy atom. The van der Waals surface area contributed by atoms with E-state index in [4.69, 9.17) is 0 Å². The molecule has 3 heterocycles. The molecule has 2 aromatic rings. The minimum absolute atomic E-state index is 0.0968. The number of carbonyl (C=O) groups is 1. The molecule has 0 aliphatic carbocycles. The van der Waals surface area contributed by atoms with E-state index < -0.39 is 11.9 Å². The van der Waals surface area contributed by atoms with E-state index in [0.29, 0.717) is 13.1 Å². The zero-order valence-electron chi connectivity index (χ0n) is 13.1. The van der Waals surface area contributed by atoms with Crippen LogP contribution in [0.1, 0.15) is 40.6 Å². The number of pyridine rings is 1. The second-order valence-corrected chi connectivity index (χ2v) is 5.88. The predicted octanol–water partition coefficient (Wildman–Crippen LogP) is 3.08. The molecule has 1 aliphatic heterocycles. The molecule has 128 valence electrons. The number of halogens is 3. The van der Waals surface area contributed by atoms with Crippen molar-refractivity contribution in [3.63, 3.8) is 0 Å². The molecule has 0 radical (unpaired) electrons. The third kappa shape index (κ3) is 3.27. The van der Waals surface area contributed by atoms with E-state index in [9.17, 15) is 18.0 Å². The smallest absolute Gasteiger partial charge is 0.337 e. The van der Waals surface area contributed by atoms with Gasteiger partial charge >= 0.3 is 6.18 Å². The van der Waals surface area contributed by atoms with Gasteiger partial charge in [0.2, 0.25) is 0 Å². The Morgan fingerprint density at radius 3 is 2.75 bits per heavy atom. The molecule has 3 rings (SSSR count). The van der Waals surface area contributed by atoms with Crippen LogP contribution in [-0.2, 0) is 6.18 Å². The van der Waals surface area contributed by atoms with Gasteiger partial charge in [-0.3, -0.25) is 4.79 Å². The lowest BCUT2D eigenvalue weighted by Crippen LogP contribution is -2.40. The van der Waals surface area contributed by atoms with E-state index in [1.165, 1.54) is 13.0 Å². The van der Waals surface area contributed by atoms with Crippen molar-refractivity contribution < 1.29 is 18.0 Å². The van der Waals surface area contributed by atoms with Crippen molar-refractivity contribution in [3.05, 3.63) is 47.8 Å². The van der Waals surface area contributed by atoms with E-state index in [1.807, 2.05) is 10.8 Å². The third-order valence-electron chi connectivity index (χ3n) is 4.24. The Kier molecular flexibility index (Phi) is 4.29. The first kappa shape index (κ1) is 16.5. The first-order valence-corrected chi connectivity index (χ1v) is 7.68. The highest BCUT2D eigenvalue weighted by Gasteiger charge is 2.33. The van der Waals surface area contributed by atoms with Gasteiger partial charge in [-0.1, -0.05) is 0 Å². The average molecular weight is 338 g/mol. The molecule has 8 heteroatoms. The molecule has 0 aromatic carbocycles. The quantitative estimate of drug-likeness (QED) is 0.845. The van der Waals surface area contributed by atoms with Gasteiger partial charge < -0.3 is 9.47 Å². The number of alkyl halides is 3. The summed E-state index contributed by atoms with van der Waals surface area (Å²) in [6, 6.07) is 2.21. The zero-order chi connectivity index (χ0) is 17.3. The van der Waals surface area contributed by atoms with Gasteiger partial charge in [-0.05, 0) is 31.9 Å². The highest BCUT2D eigenvalue weighted by Crippen LogP contribution is 2.29. The summed E-state index contributed by atoms with van der Waals surface area (Å²) in [4.78, 5) is 21.9. The lowest BCUT2D eigenvalue weighted by Gasteiger charge is -2.33. The number of hydrogen-bond acceptors (Lipinski definition) is 3. The number of hydrogen-bond donors (Lipinski definition) is 0. The molecule has 1 amide bonds. The van der Waals surface area contributed by atoms with Gasteiger partial charge in [0.1, 0.15) is 5.69 Å². The molecule has 5 nitrogen and oxygen atoms in total. The topological polar surface area (TPSA) is 51.0 Å². The summed E-state index contributed by atoms with van der Waals surface area (Å²) in [5.41, 5.74) is -0.666. The Bertz CT molecular complexity index is 727. The molecule has 1 fully saturated rings. The number of aromatic nitrogens is 3. The van der Waals surface area contributed by atoms with Crippen molar-refractivity contribution in [2.24, 2.45) is 0 Å². The van der Waals surface area contributed by atoms with Crippen molar-refractivity contribution in [3.8, 4) is 0 Å². The van der Waals surface area contributed by atoms with Crippen LogP contribution in [0, 0.1) is 6.92 Å². The number of imidazole rings is 1. The Morgan fingerprint density at radius 2 is 2.12 bits per heavy atom. The highest BCUT2D eigenvalue weighted by molar-refractivity contribution is 5.95. The van der Waals surface area contributed by atoms with Gasteiger partial charge in [0.25, 0.3) is 5.91 Å². The number of rotatable bonds is 2. The first-order valence-electron chi connectivity index (χ1n) is 7.68. The standard InChI is InChI=1S/C16H17F3N4O/c1-11-13(4-5-14(21-11)16(17,18)19)15(24)22-7-2-3-12(9-22)23-8-6-20-10-23/h4-6,8,10,12H,2-3,7,9H2,1H3/t12-/m0/s1. The summed E-state index contributed by atoms with van der Waals surface area (Å²) in [6.07, 6.45) is 2.51. The minimum atomic E-state index is -4.51. The maximum Gasteiger partial charge on any atom is 0.433 e. The van der Waals surface area contributed by atoms with Crippen molar-refractivity contribution in [2.45, 2.75) is 32.0 Å². The number of aryl methyl sites for hydroxylation is 1. The lowest BCUT2D eigenvalue weighted by atomic mass is 10.0.